The van der Waals surface area contributed by atoms with Crippen LogP contribution in [0.4, 0.5) is 5.69 Å². The molecule has 8 heteroatoms. The van der Waals surface area contributed by atoms with Crippen molar-refractivity contribution < 1.29 is 28.8 Å². The Morgan fingerprint density at radius 3 is 2.40 bits per heavy atom. The molecule has 0 amide bonds. The van der Waals surface area contributed by atoms with E-state index in [1.807, 2.05) is 26.0 Å². The summed E-state index contributed by atoms with van der Waals surface area (Å²) in [6, 6.07) is 12.6. The van der Waals surface area contributed by atoms with Gasteiger partial charge in [-0.15, -0.1) is 0 Å². The number of aliphatic hydroxyl groups excluding tert-OH is 1. The van der Waals surface area contributed by atoms with E-state index in [9.17, 15) is 9.90 Å². The van der Waals surface area contributed by atoms with Crippen LogP contribution in [0.2, 0.25) is 0 Å². The van der Waals surface area contributed by atoms with Crippen molar-refractivity contribution in [2.24, 2.45) is 4.99 Å². The van der Waals surface area contributed by atoms with E-state index in [0.717, 1.165) is 11.3 Å². The van der Waals surface area contributed by atoms with Crippen LogP contribution < -0.4 is 14.2 Å². The molecule has 184 valence electrons. The van der Waals surface area contributed by atoms with E-state index >= 15 is 0 Å². The Labute approximate surface area is 209 Å². The van der Waals surface area contributed by atoms with Gasteiger partial charge in [0.2, 0.25) is 0 Å². The average molecular weight is 496 g/mol. The minimum Gasteiger partial charge on any atom is -0.506 e. The smallest absolute Gasteiger partial charge is 0.344 e. The Morgan fingerprint density at radius 1 is 1.00 bits per heavy atom. The van der Waals surface area contributed by atoms with E-state index < -0.39 is 5.97 Å². The molecule has 1 aliphatic heterocycles. The third-order valence-electron chi connectivity index (χ3n) is 4.67. The van der Waals surface area contributed by atoms with Crippen molar-refractivity contribution in [3.8, 4) is 17.2 Å². The molecule has 1 heterocycles. The molecule has 3 rings (SSSR count). The summed E-state index contributed by atoms with van der Waals surface area (Å²) in [6.45, 7) is 10.7. The standard InChI is InChI=1S/C27H29NO6S/c1-5-15-34-21-14-9-18(16-22(21)32-7-3)17-23-25(29)24(27(30)33-8-4)26(35-23)28-19-10-12-20(13-11-19)31-6-2/h5,9-14,16-17,29H,1,6-8,15H2,2-4H3. The van der Waals surface area contributed by atoms with Gasteiger partial charge in [-0.2, -0.15) is 0 Å². The third kappa shape index (κ3) is 6.70. The lowest BCUT2D eigenvalue weighted by atomic mass is 10.1. The van der Waals surface area contributed by atoms with E-state index in [2.05, 4.69) is 11.6 Å². The largest absolute Gasteiger partial charge is 0.506 e. The van der Waals surface area contributed by atoms with Crippen LogP contribution in [-0.2, 0) is 9.53 Å². The van der Waals surface area contributed by atoms with Gasteiger partial charge in [0.05, 0.1) is 30.4 Å². The number of rotatable bonds is 11. The van der Waals surface area contributed by atoms with Crippen molar-refractivity contribution in [1.82, 2.24) is 0 Å². The second-order valence-corrected chi connectivity index (χ2v) is 8.17. The van der Waals surface area contributed by atoms with Crippen LogP contribution >= 0.6 is 11.8 Å². The van der Waals surface area contributed by atoms with Crippen LogP contribution in [0, 0.1) is 0 Å². The summed E-state index contributed by atoms with van der Waals surface area (Å²) >= 11 is 1.19. The maximum absolute atomic E-state index is 12.7. The van der Waals surface area contributed by atoms with Gasteiger partial charge in [0, 0.05) is 0 Å². The Bertz CT molecular complexity index is 1150. The van der Waals surface area contributed by atoms with Crippen molar-refractivity contribution >= 4 is 34.5 Å². The Morgan fingerprint density at radius 2 is 1.74 bits per heavy atom. The van der Waals surface area contributed by atoms with Crippen LogP contribution in [0.25, 0.3) is 6.08 Å². The highest BCUT2D eigenvalue weighted by Crippen LogP contribution is 2.41. The number of nitrogens with zero attached hydrogens (tertiary/aromatic N) is 1. The first kappa shape index (κ1) is 26.0. The Hall–Kier alpha value is -3.65. The zero-order chi connectivity index (χ0) is 25.2. The highest BCUT2D eigenvalue weighted by Gasteiger charge is 2.33. The molecule has 0 unspecified atom stereocenters. The number of carbonyl (C=O) groups is 1. The maximum atomic E-state index is 12.7. The SMILES string of the molecule is C=CCOc1ccc(C=C2SC(=Nc3ccc(OCC)cc3)C(C(=O)OCC)=C2O)cc1OCC. The third-order valence-corrected chi connectivity index (χ3v) is 5.69. The van der Waals surface area contributed by atoms with Crippen LogP contribution in [0.3, 0.4) is 0 Å². The lowest BCUT2D eigenvalue weighted by Gasteiger charge is -2.11. The molecule has 0 saturated carbocycles. The maximum Gasteiger partial charge on any atom is 0.344 e. The summed E-state index contributed by atoms with van der Waals surface area (Å²) < 4.78 is 22.0. The monoisotopic (exact) mass is 495 g/mol. The number of esters is 1. The van der Waals surface area contributed by atoms with E-state index in [1.165, 1.54) is 11.8 Å². The second kappa shape index (κ2) is 12.7. The van der Waals surface area contributed by atoms with Gasteiger partial charge in [-0.3, -0.25) is 0 Å². The minimum absolute atomic E-state index is 0.0351. The van der Waals surface area contributed by atoms with E-state index in [1.54, 1.807) is 49.4 Å². The highest BCUT2D eigenvalue weighted by atomic mass is 32.2. The molecule has 0 atom stereocenters. The molecule has 2 aromatic carbocycles. The summed E-state index contributed by atoms with van der Waals surface area (Å²) in [5.41, 5.74) is 1.42. The Balaban J connectivity index is 1.97. The molecule has 1 aliphatic rings. The first-order valence-corrected chi connectivity index (χ1v) is 12.1. The fraction of sp³-hybridized carbons (Fsp3) is 0.259. The fourth-order valence-electron chi connectivity index (χ4n) is 3.19. The van der Waals surface area contributed by atoms with Gasteiger partial charge in [0.1, 0.15) is 28.7 Å². The van der Waals surface area contributed by atoms with Gasteiger partial charge in [0.25, 0.3) is 0 Å². The zero-order valence-corrected chi connectivity index (χ0v) is 20.9. The van der Waals surface area contributed by atoms with Gasteiger partial charge in [-0.05, 0) is 68.8 Å². The molecule has 0 bridgehead atoms. The predicted octanol–water partition coefficient (Wildman–Crippen LogP) is 6.24. The second-order valence-electron chi connectivity index (χ2n) is 7.14. The number of thioether (sulfide) groups is 1. The van der Waals surface area contributed by atoms with Gasteiger partial charge in [0.15, 0.2) is 11.5 Å². The molecule has 35 heavy (non-hydrogen) atoms. The van der Waals surface area contributed by atoms with E-state index in [4.69, 9.17) is 18.9 Å². The topological polar surface area (TPSA) is 86.6 Å². The summed E-state index contributed by atoms with van der Waals surface area (Å²) in [4.78, 5) is 17.7. The fourth-order valence-corrected chi connectivity index (χ4v) is 4.23. The molecule has 0 spiro atoms. The normalized spacial score (nSPS) is 15.4. The number of ether oxygens (including phenoxy) is 4. The Kier molecular flexibility index (Phi) is 9.43. The summed E-state index contributed by atoms with van der Waals surface area (Å²) in [7, 11) is 0. The van der Waals surface area contributed by atoms with Crippen LogP contribution in [0.15, 0.2) is 76.3 Å². The zero-order valence-electron chi connectivity index (χ0n) is 20.1. The summed E-state index contributed by atoms with van der Waals surface area (Å²) in [5, 5.41) is 11.3. The molecular formula is C27H29NO6S. The van der Waals surface area contributed by atoms with Gasteiger partial charge in [-0.1, -0.05) is 30.5 Å². The number of hydrogen-bond acceptors (Lipinski definition) is 8. The molecule has 0 aromatic heterocycles. The molecule has 0 radical (unpaired) electrons. The number of benzene rings is 2. The number of aliphatic imine (C=N–C) groups is 1. The molecule has 2 aromatic rings. The van der Waals surface area contributed by atoms with Crippen molar-refractivity contribution in [2.75, 3.05) is 26.4 Å². The van der Waals surface area contributed by atoms with Crippen molar-refractivity contribution in [2.45, 2.75) is 20.8 Å². The van der Waals surface area contributed by atoms with Crippen molar-refractivity contribution in [3.05, 3.63) is 76.9 Å². The minimum atomic E-state index is -0.631. The van der Waals surface area contributed by atoms with Gasteiger partial charge in [-0.25, -0.2) is 9.79 Å². The molecule has 1 N–H and O–H groups in total. The molecule has 0 fully saturated rings. The summed E-state index contributed by atoms with van der Waals surface area (Å²) in [6.07, 6.45) is 3.42. The van der Waals surface area contributed by atoms with Crippen LogP contribution in [-0.4, -0.2) is 42.5 Å². The van der Waals surface area contributed by atoms with Crippen molar-refractivity contribution in [3.63, 3.8) is 0 Å². The van der Waals surface area contributed by atoms with Gasteiger partial charge >= 0.3 is 5.97 Å². The first-order valence-electron chi connectivity index (χ1n) is 11.3. The lowest BCUT2D eigenvalue weighted by Crippen LogP contribution is -2.12. The predicted molar refractivity (Wildman–Crippen MR) is 140 cm³/mol. The van der Waals surface area contributed by atoms with Gasteiger partial charge < -0.3 is 24.1 Å². The average Bonchev–Trinajstić information content (AvgIpc) is 3.14. The summed E-state index contributed by atoms with van der Waals surface area (Å²) in [5.74, 6) is 1.09. The first-order chi connectivity index (χ1) is 17.0. The number of carbonyl (C=O) groups excluding carboxylic acids is 1. The van der Waals surface area contributed by atoms with E-state index in [-0.39, 0.29) is 17.9 Å². The quantitative estimate of drug-likeness (QED) is 0.292. The van der Waals surface area contributed by atoms with Crippen molar-refractivity contribution in [1.29, 1.82) is 0 Å². The van der Waals surface area contributed by atoms with Crippen LogP contribution in [0.5, 0.6) is 17.2 Å². The van der Waals surface area contributed by atoms with Crippen LogP contribution in [0.1, 0.15) is 26.3 Å². The molecule has 7 nitrogen and oxygen atoms in total. The molecular weight excluding hydrogens is 466 g/mol. The highest BCUT2D eigenvalue weighted by molar-refractivity contribution is 8.18. The molecule has 0 aliphatic carbocycles. The molecule has 0 saturated heterocycles. The van der Waals surface area contributed by atoms with E-state index in [0.29, 0.717) is 47.0 Å². The lowest BCUT2D eigenvalue weighted by molar-refractivity contribution is -0.138. The number of hydrogen-bond donors (Lipinski definition) is 1. The number of aliphatic hydroxyl groups is 1.